The zero-order valence-corrected chi connectivity index (χ0v) is 9.23. The molecule has 0 heterocycles. The van der Waals surface area contributed by atoms with Crippen molar-refractivity contribution in [2.45, 2.75) is 32.4 Å². The van der Waals surface area contributed by atoms with Crippen LogP contribution in [0, 0.1) is 0 Å². The maximum atomic E-state index is 9.00. The van der Waals surface area contributed by atoms with Gasteiger partial charge in [0, 0.05) is 5.54 Å². The normalized spacial score (nSPS) is 14.4. The third kappa shape index (κ3) is 8.34. The van der Waals surface area contributed by atoms with Crippen molar-refractivity contribution in [1.82, 2.24) is 0 Å². The van der Waals surface area contributed by atoms with Gasteiger partial charge in [-0.15, -0.1) is 0 Å². The molecule has 2 nitrogen and oxygen atoms in total. The molecular weight excluding hydrogens is 197 g/mol. The van der Waals surface area contributed by atoms with Gasteiger partial charge in [0.15, 0.2) is 0 Å². The predicted octanol–water partition coefficient (Wildman–Crippen LogP) is -2.53. The number of rotatable bonds is 4. The Morgan fingerprint density at radius 1 is 1.58 bits per heavy atom. The van der Waals surface area contributed by atoms with Gasteiger partial charge < -0.3 is 22.8 Å². The van der Waals surface area contributed by atoms with Crippen molar-refractivity contribution >= 4 is 11.6 Å². The lowest BCUT2D eigenvalue weighted by atomic mass is 10.1. The largest absolute Gasteiger partial charge is 1.00 e. The van der Waals surface area contributed by atoms with E-state index in [0.717, 1.165) is 0 Å². The van der Waals surface area contributed by atoms with Gasteiger partial charge >= 0.3 is 0 Å². The van der Waals surface area contributed by atoms with Crippen LogP contribution in [0.1, 0.15) is 20.8 Å². The molecule has 12 heavy (non-hydrogen) atoms. The van der Waals surface area contributed by atoms with Gasteiger partial charge in [0.25, 0.3) is 0 Å². The molecule has 0 aromatic carbocycles. The molecule has 0 rings (SSSR count). The van der Waals surface area contributed by atoms with E-state index in [1.165, 1.54) is 5.54 Å². The van der Waals surface area contributed by atoms with Crippen molar-refractivity contribution in [2.75, 3.05) is 6.54 Å². The molecule has 0 bridgehead atoms. The molecule has 0 saturated heterocycles. The van der Waals surface area contributed by atoms with Crippen LogP contribution in [-0.2, 0) is 0 Å². The second-order valence-corrected chi connectivity index (χ2v) is 3.65. The van der Waals surface area contributed by atoms with Crippen LogP contribution in [0.2, 0.25) is 0 Å². The van der Waals surface area contributed by atoms with Crippen molar-refractivity contribution in [3.63, 3.8) is 0 Å². The summed E-state index contributed by atoms with van der Waals surface area (Å²) >= 11 is 5.44. The van der Waals surface area contributed by atoms with Crippen LogP contribution in [0.4, 0.5) is 0 Å². The van der Waals surface area contributed by atoms with Crippen molar-refractivity contribution in [3.8, 4) is 0 Å². The quantitative estimate of drug-likeness (QED) is 0.532. The van der Waals surface area contributed by atoms with Crippen molar-refractivity contribution in [3.05, 3.63) is 11.6 Å². The van der Waals surface area contributed by atoms with Crippen LogP contribution in [0.5, 0.6) is 0 Å². The van der Waals surface area contributed by atoms with E-state index < -0.39 is 0 Å². The highest BCUT2D eigenvalue weighted by atomic mass is 35.5. The maximum absolute atomic E-state index is 9.00. The lowest BCUT2D eigenvalue weighted by Gasteiger charge is -2.18. The number of hydrogen-bond acceptors (Lipinski definition) is 1. The molecule has 3 N–H and O–H groups in total. The Morgan fingerprint density at radius 2 is 2.08 bits per heavy atom. The highest BCUT2D eigenvalue weighted by molar-refractivity contribution is 6.25. The SMILES string of the molecule is CC(O)C[NH2+]C(C)(C)C=CCl.[Cl-]. The summed E-state index contributed by atoms with van der Waals surface area (Å²) in [7, 11) is 0. The molecule has 0 fully saturated rings. The van der Waals surface area contributed by atoms with E-state index in [4.69, 9.17) is 16.7 Å². The summed E-state index contributed by atoms with van der Waals surface area (Å²) in [6, 6.07) is 0. The van der Waals surface area contributed by atoms with Crippen molar-refractivity contribution in [2.24, 2.45) is 0 Å². The monoisotopic (exact) mass is 213 g/mol. The second kappa shape index (κ2) is 6.72. The fourth-order valence-corrected chi connectivity index (χ4v) is 1.03. The number of nitrogens with two attached hydrogens (primary N) is 1. The third-order valence-electron chi connectivity index (χ3n) is 1.48. The Labute approximate surface area is 85.4 Å². The van der Waals surface area contributed by atoms with Crippen LogP contribution >= 0.6 is 11.6 Å². The minimum Gasteiger partial charge on any atom is -1.00 e. The number of aliphatic hydroxyl groups excluding tert-OH is 1. The fourth-order valence-electron chi connectivity index (χ4n) is 0.705. The summed E-state index contributed by atoms with van der Waals surface area (Å²) < 4.78 is 0. The first-order valence-corrected chi connectivity index (χ1v) is 4.22. The van der Waals surface area contributed by atoms with Crippen LogP contribution < -0.4 is 17.7 Å². The van der Waals surface area contributed by atoms with E-state index in [9.17, 15) is 0 Å². The fraction of sp³-hybridized carbons (Fsp3) is 0.750. The summed E-state index contributed by atoms with van der Waals surface area (Å²) in [5.41, 5.74) is 1.50. The van der Waals surface area contributed by atoms with Gasteiger partial charge in [-0.3, -0.25) is 0 Å². The average Bonchev–Trinajstić information content (AvgIpc) is 1.84. The summed E-state index contributed by atoms with van der Waals surface area (Å²) in [5.74, 6) is 0. The molecule has 0 radical (unpaired) electrons. The average molecular weight is 214 g/mol. The van der Waals surface area contributed by atoms with Gasteiger partial charge in [0.05, 0.1) is 6.10 Å². The summed E-state index contributed by atoms with van der Waals surface area (Å²) in [5, 5.41) is 11.0. The van der Waals surface area contributed by atoms with E-state index in [1.807, 2.05) is 19.9 Å². The first-order valence-electron chi connectivity index (χ1n) is 3.78. The molecule has 0 spiro atoms. The first kappa shape index (κ1) is 14.7. The topological polar surface area (TPSA) is 36.8 Å². The van der Waals surface area contributed by atoms with Gasteiger partial charge in [-0.2, -0.15) is 0 Å². The zero-order valence-electron chi connectivity index (χ0n) is 7.72. The molecule has 74 valence electrons. The summed E-state index contributed by atoms with van der Waals surface area (Å²) in [6.45, 7) is 6.58. The molecular formula is C8H17Cl2NO. The van der Waals surface area contributed by atoms with Gasteiger partial charge in [0.1, 0.15) is 12.1 Å². The second-order valence-electron chi connectivity index (χ2n) is 3.40. The van der Waals surface area contributed by atoms with E-state index >= 15 is 0 Å². The lowest BCUT2D eigenvalue weighted by Crippen LogP contribution is -3.00. The summed E-state index contributed by atoms with van der Waals surface area (Å²) in [6.07, 6.45) is 1.63. The van der Waals surface area contributed by atoms with E-state index in [1.54, 1.807) is 6.92 Å². The standard InChI is InChI=1S/C8H16ClNO.ClH/c1-7(11)6-10-8(2,3)4-5-9;/h4-5,7,10-11H,6H2,1-3H3;1H. The number of quaternary nitrogens is 1. The molecule has 1 unspecified atom stereocenters. The van der Waals surface area contributed by atoms with Gasteiger partial charge in [-0.1, -0.05) is 11.6 Å². The van der Waals surface area contributed by atoms with E-state index in [-0.39, 0.29) is 24.0 Å². The molecule has 0 aromatic rings. The van der Waals surface area contributed by atoms with Crippen LogP contribution in [0.15, 0.2) is 11.6 Å². The Balaban J connectivity index is 0. The highest BCUT2D eigenvalue weighted by Gasteiger charge is 2.16. The van der Waals surface area contributed by atoms with Crippen LogP contribution in [-0.4, -0.2) is 23.3 Å². The smallest absolute Gasteiger partial charge is 0.110 e. The van der Waals surface area contributed by atoms with Crippen LogP contribution in [0.3, 0.4) is 0 Å². The Hall–Kier alpha value is 0.240. The predicted molar refractivity (Wildman–Crippen MR) is 47.5 cm³/mol. The Bertz CT molecular complexity index is 135. The molecule has 0 aliphatic heterocycles. The maximum Gasteiger partial charge on any atom is 0.110 e. The molecule has 4 heteroatoms. The Kier molecular flexibility index (Phi) is 8.26. The molecule has 0 aromatic heterocycles. The molecule has 0 saturated carbocycles. The molecule has 0 aliphatic carbocycles. The highest BCUT2D eigenvalue weighted by Crippen LogP contribution is 1.97. The summed E-state index contributed by atoms with van der Waals surface area (Å²) in [4.78, 5) is 0. The van der Waals surface area contributed by atoms with E-state index in [2.05, 4.69) is 5.32 Å². The van der Waals surface area contributed by atoms with Gasteiger partial charge in [0.2, 0.25) is 0 Å². The Morgan fingerprint density at radius 3 is 2.42 bits per heavy atom. The van der Waals surface area contributed by atoms with Gasteiger partial charge in [-0.25, -0.2) is 0 Å². The first-order chi connectivity index (χ1) is 4.98. The number of halogens is 2. The van der Waals surface area contributed by atoms with Crippen molar-refractivity contribution in [1.29, 1.82) is 0 Å². The molecule has 1 atom stereocenters. The molecule has 0 aliphatic rings. The van der Waals surface area contributed by atoms with Crippen LogP contribution in [0.25, 0.3) is 0 Å². The van der Waals surface area contributed by atoms with Crippen molar-refractivity contribution < 1.29 is 22.8 Å². The minimum atomic E-state index is -0.266. The number of aliphatic hydroxyl groups is 1. The third-order valence-corrected chi connectivity index (χ3v) is 1.60. The molecule has 0 amide bonds. The number of hydrogen-bond donors (Lipinski definition) is 2. The zero-order chi connectivity index (χ0) is 8.91. The lowest BCUT2D eigenvalue weighted by molar-refractivity contribution is -0.713. The minimum absolute atomic E-state index is 0. The van der Waals surface area contributed by atoms with E-state index in [0.29, 0.717) is 6.54 Å². The van der Waals surface area contributed by atoms with Gasteiger partial charge in [-0.05, 0) is 26.8 Å².